The maximum atomic E-state index is 12.9. The zero-order valence-corrected chi connectivity index (χ0v) is 16.5. The summed E-state index contributed by atoms with van der Waals surface area (Å²) in [6.45, 7) is 7.07. The van der Waals surface area contributed by atoms with Gasteiger partial charge in [0.2, 0.25) is 0 Å². The van der Waals surface area contributed by atoms with Crippen LogP contribution in [0.25, 0.3) is 11.2 Å². The number of hydrogen-bond acceptors (Lipinski definition) is 4. The van der Waals surface area contributed by atoms with Gasteiger partial charge in [-0.25, -0.2) is 9.97 Å². The number of ether oxygens (including phenoxy) is 1. The predicted molar refractivity (Wildman–Crippen MR) is 109 cm³/mol. The molecule has 4 rings (SSSR count). The van der Waals surface area contributed by atoms with Crippen LogP contribution in [0.15, 0.2) is 42.6 Å². The second-order valence-corrected chi connectivity index (χ2v) is 7.16. The standard InChI is InChI=1S/C22H26N4O2/c1-3-13-26-20(24-19-6-5-12-23-21(19)26)17-11-14-25(15-17)22(27)16-7-9-18(10-8-16)28-4-2/h5-10,12,17H,3-4,11,13-15H2,1-2H3. The molecule has 2 aromatic heterocycles. The fraction of sp³-hybridized carbons (Fsp3) is 0.409. The molecular weight excluding hydrogens is 352 g/mol. The zero-order valence-electron chi connectivity index (χ0n) is 16.5. The second kappa shape index (κ2) is 8.00. The molecule has 0 N–H and O–H groups in total. The second-order valence-electron chi connectivity index (χ2n) is 7.16. The van der Waals surface area contributed by atoms with Gasteiger partial charge in [-0.15, -0.1) is 0 Å². The number of imidazole rings is 1. The van der Waals surface area contributed by atoms with E-state index in [9.17, 15) is 4.79 Å². The molecule has 0 radical (unpaired) electrons. The number of pyridine rings is 1. The van der Waals surface area contributed by atoms with Crippen molar-refractivity contribution >= 4 is 17.1 Å². The van der Waals surface area contributed by atoms with Crippen molar-refractivity contribution in [2.24, 2.45) is 0 Å². The summed E-state index contributed by atoms with van der Waals surface area (Å²) in [4.78, 5) is 24.2. The first-order valence-electron chi connectivity index (χ1n) is 10.0. The molecule has 6 heteroatoms. The average Bonchev–Trinajstić information content (AvgIpc) is 3.34. The third kappa shape index (κ3) is 3.46. The highest BCUT2D eigenvalue weighted by Gasteiger charge is 2.31. The number of carbonyl (C=O) groups is 1. The molecule has 146 valence electrons. The number of hydrogen-bond donors (Lipinski definition) is 0. The van der Waals surface area contributed by atoms with Crippen molar-refractivity contribution in [1.82, 2.24) is 19.4 Å². The highest BCUT2D eigenvalue weighted by Crippen LogP contribution is 2.30. The van der Waals surface area contributed by atoms with Crippen molar-refractivity contribution in [2.45, 2.75) is 39.2 Å². The molecule has 28 heavy (non-hydrogen) atoms. The summed E-state index contributed by atoms with van der Waals surface area (Å²) < 4.78 is 7.69. The van der Waals surface area contributed by atoms with E-state index in [0.717, 1.165) is 48.7 Å². The number of nitrogens with zero attached hydrogens (tertiary/aromatic N) is 4. The van der Waals surface area contributed by atoms with Gasteiger partial charge in [0, 0.05) is 37.3 Å². The molecule has 1 aliphatic rings. The number of aryl methyl sites for hydroxylation is 1. The molecule has 1 saturated heterocycles. The molecule has 1 fully saturated rings. The lowest BCUT2D eigenvalue weighted by Gasteiger charge is -2.17. The SMILES string of the molecule is CCCn1c(C2CCN(C(=O)c3ccc(OCC)cc3)C2)nc2cccnc21. The monoisotopic (exact) mass is 378 g/mol. The van der Waals surface area contributed by atoms with Crippen LogP contribution in [-0.2, 0) is 6.54 Å². The van der Waals surface area contributed by atoms with Crippen LogP contribution in [0.1, 0.15) is 48.8 Å². The molecule has 1 amide bonds. The van der Waals surface area contributed by atoms with Crippen LogP contribution in [0.5, 0.6) is 5.75 Å². The van der Waals surface area contributed by atoms with Gasteiger partial charge in [-0.2, -0.15) is 0 Å². The molecule has 0 saturated carbocycles. The molecule has 0 bridgehead atoms. The summed E-state index contributed by atoms with van der Waals surface area (Å²) in [5.74, 6) is 2.16. The fourth-order valence-electron chi connectivity index (χ4n) is 3.93. The summed E-state index contributed by atoms with van der Waals surface area (Å²) in [6, 6.07) is 11.3. The maximum absolute atomic E-state index is 12.9. The fourth-order valence-corrected chi connectivity index (χ4v) is 3.93. The molecule has 1 unspecified atom stereocenters. The summed E-state index contributed by atoms with van der Waals surface area (Å²) in [5.41, 5.74) is 2.57. The van der Waals surface area contributed by atoms with E-state index >= 15 is 0 Å². The number of aromatic nitrogens is 3. The van der Waals surface area contributed by atoms with Crippen molar-refractivity contribution in [2.75, 3.05) is 19.7 Å². The summed E-state index contributed by atoms with van der Waals surface area (Å²) in [5, 5.41) is 0. The van der Waals surface area contributed by atoms with E-state index in [-0.39, 0.29) is 11.8 Å². The van der Waals surface area contributed by atoms with Gasteiger partial charge < -0.3 is 14.2 Å². The van der Waals surface area contributed by atoms with Gasteiger partial charge in [-0.1, -0.05) is 6.92 Å². The van der Waals surface area contributed by atoms with Crippen LogP contribution < -0.4 is 4.74 Å². The Bertz CT molecular complexity index is 964. The van der Waals surface area contributed by atoms with Crippen LogP contribution in [0.4, 0.5) is 0 Å². The Labute approximate surface area is 165 Å². The van der Waals surface area contributed by atoms with E-state index in [2.05, 4.69) is 16.5 Å². The first-order chi connectivity index (χ1) is 13.7. The van der Waals surface area contributed by atoms with Gasteiger partial charge >= 0.3 is 0 Å². The lowest BCUT2D eigenvalue weighted by molar-refractivity contribution is 0.0790. The number of likely N-dealkylation sites (tertiary alicyclic amines) is 1. The Balaban J connectivity index is 1.53. The summed E-state index contributed by atoms with van der Waals surface area (Å²) in [7, 11) is 0. The Morgan fingerprint density at radius 2 is 2.04 bits per heavy atom. The van der Waals surface area contributed by atoms with Crippen molar-refractivity contribution in [3.05, 3.63) is 54.0 Å². The molecule has 3 aromatic rings. The van der Waals surface area contributed by atoms with Crippen molar-refractivity contribution < 1.29 is 9.53 Å². The molecule has 1 atom stereocenters. The topological polar surface area (TPSA) is 60.2 Å². The Kier molecular flexibility index (Phi) is 5.28. The normalized spacial score (nSPS) is 16.6. The number of carbonyl (C=O) groups excluding carboxylic acids is 1. The Morgan fingerprint density at radius 3 is 2.79 bits per heavy atom. The molecule has 0 aliphatic carbocycles. The smallest absolute Gasteiger partial charge is 0.253 e. The van der Waals surface area contributed by atoms with Crippen LogP contribution in [-0.4, -0.2) is 45.0 Å². The van der Waals surface area contributed by atoms with Crippen molar-refractivity contribution in [3.63, 3.8) is 0 Å². The van der Waals surface area contributed by atoms with Crippen molar-refractivity contribution in [3.8, 4) is 5.75 Å². The molecule has 0 spiro atoms. The summed E-state index contributed by atoms with van der Waals surface area (Å²) >= 11 is 0. The van der Waals surface area contributed by atoms with Crippen molar-refractivity contribution in [1.29, 1.82) is 0 Å². The molecule has 3 heterocycles. The van der Waals surface area contributed by atoms with Crippen LogP contribution in [0.3, 0.4) is 0 Å². The van der Waals surface area contributed by atoms with Crippen LogP contribution in [0.2, 0.25) is 0 Å². The number of benzene rings is 1. The first kappa shape index (κ1) is 18.5. The van der Waals surface area contributed by atoms with Gasteiger partial charge in [0.15, 0.2) is 5.65 Å². The molecule has 6 nitrogen and oxygen atoms in total. The van der Waals surface area contributed by atoms with E-state index in [1.165, 1.54) is 0 Å². The van der Waals surface area contributed by atoms with Gasteiger partial charge in [-0.05, 0) is 56.2 Å². The quantitative estimate of drug-likeness (QED) is 0.653. The van der Waals surface area contributed by atoms with Gasteiger partial charge in [-0.3, -0.25) is 4.79 Å². The maximum Gasteiger partial charge on any atom is 0.253 e. The minimum atomic E-state index is 0.0711. The predicted octanol–water partition coefficient (Wildman–Crippen LogP) is 3.87. The summed E-state index contributed by atoms with van der Waals surface area (Å²) in [6.07, 6.45) is 3.77. The average molecular weight is 378 g/mol. The van der Waals surface area contributed by atoms with E-state index < -0.39 is 0 Å². The number of fused-ring (bicyclic) bond motifs is 1. The zero-order chi connectivity index (χ0) is 19.5. The van der Waals surface area contributed by atoms with Gasteiger partial charge in [0.1, 0.15) is 17.1 Å². The van der Waals surface area contributed by atoms with E-state index in [4.69, 9.17) is 9.72 Å². The lowest BCUT2D eigenvalue weighted by atomic mass is 10.1. The highest BCUT2D eigenvalue weighted by molar-refractivity contribution is 5.94. The van der Waals surface area contributed by atoms with Crippen LogP contribution in [0, 0.1) is 0 Å². The number of rotatable bonds is 6. The Hall–Kier alpha value is -2.89. The number of amides is 1. The van der Waals surface area contributed by atoms with E-state index in [1.807, 2.05) is 54.4 Å². The van der Waals surface area contributed by atoms with Gasteiger partial charge in [0.05, 0.1) is 6.61 Å². The lowest BCUT2D eigenvalue weighted by Crippen LogP contribution is -2.28. The highest BCUT2D eigenvalue weighted by atomic mass is 16.5. The third-order valence-corrected chi connectivity index (χ3v) is 5.23. The Morgan fingerprint density at radius 1 is 1.21 bits per heavy atom. The minimum Gasteiger partial charge on any atom is -0.494 e. The van der Waals surface area contributed by atoms with E-state index in [1.54, 1.807) is 0 Å². The largest absolute Gasteiger partial charge is 0.494 e. The third-order valence-electron chi connectivity index (χ3n) is 5.23. The van der Waals surface area contributed by atoms with Crippen LogP contribution >= 0.6 is 0 Å². The van der Waals surface area contributed by atoms with E-state index in [0.29, 0.717) is 18.7 Å². The van der Waals surface area contributed by atoms with Gasteiger partial charge in [0.25, 0.3) is 5.91 Å². The molecular formula is C22H26N4O2. The first-order valence-corrected chi connectivity index (χ1v) is 10.0. The molecule has 1 aliphatic heterocycles. The molecule has 1 aromatic carbocycles. The minimum absolute atomic E-state index is 0.0711.